The van der Waals surface area contributed by atoms with Crippen LogP contribution in [0.25, 0.3) is 11.2 Å². The van der Waals surface area contributed by atoms with Gasteiger partial charge >= 0.3 is 0 Å². The molecular formula is C29H54N5O2PS2. The quantitative estimate of drug-likeness (QED) is 0.0650. The summed E-state index contributed by atoms with van der Waals surface area (Å²) in [7, 11) is 2.08. The van der Waals surface area contributed by atoms with E-state index in [0.29, 0.717) is 29.9 Å². The van der Waals surface area contributed by atoms with Gasteiger partial charge in [0.25, 0.3) is 0 Å². The lowest BCUT2D eigenvalue weighted by atomic mass is 10.0. The molecular weight excluding hydrogens is 545 g/mol. The number of hydrogen-bond acceptors (Lipinski definition) is 8. The lowest BCUT2D eigenvalue weighted by molar-refractivity contribution is 0.0881. The first-order valence-electron chi connectivity index (χ1n) is 15.4. The zero-order valence-corrected chi connectivity index (χ0v) is 27.2. The van der Waals surface area contributed by atoms with Crippen molar-refractivity contribution in [2.24, 2.45) is 0 Å². The summed E-state index contributed by atoms with van der Waals surface area (Å²) in [6, 6.07) is 0. The van der Waals surface area contributed by atoms with Gasteiger partial charge in [0.1, 0.15) is 19.6 Å². The van der Waals surface area contributed by atoms with Crippen LogP contribution in [0.2, 0.25) is 0 Å². The molecule has 10 heteroatoms. The number of imidazole rings is 1. The highest BCUT2D eigenvalue weighted by Crippen LogP contribution is 2.29. The van der Waals surface area contributed by atoms with Crippen LogP contribution in [0.4, 0.5) is 5.82 Å². The molecule has 0 bridgehead atoms. The Bertz CT molecular complexity index is 902. The third-order valence-corrected chi connectivity index (χ3v) is 11.2. The highest BCUT2D eigenvalue weighted by molar-refractivity contribution is 8.76. The molecule has 1 unspecified atom stereocenters. The topological polar surface area (TPSA) is 95.9 Å². The van der Waals surface area contributed by atoms with Crippen molar-refractivity contribution < 1.29 is 9.30 Å². The molecule has 0 aromatic carbocycles. The molecule has 2 heterocycles. The van der Waals surface area contributed by atoms with Gasteiger partial charge in [0.2, 0.25) is 0 Å². The molecule has 0 spiro atoms. The van der Waals surface area contributed by atoms with Gasteiger partial charge in [-0.2, -0.15) is 0 Å². The summed E-state index contributed by atoms with van der Waals surface area (Å²) in [6.07, 6.45) is 26.7. The Balaban J connectivity index is 1.32. The zero-order chi connectivity index (χ0) is 28.0. The van der Waals surface area contributed by atoms with E-state index in [2.05, 4.69) is 21.9 Å². The Hall–Kier alpha value is -0.760. The number of anilines is 1. The number of hydrogen-bond donors (Lipinski definition) is 1. The minimum Gasteiger partial charge on any atom is -0.382 e. The fourth-order valence-electron chi connectivity index (χ4n) is 4.65. The van der Waals surface area contributed by atoms with Crippen LogP contribution in [0, 0.1) is 0 Å². The predicted molar refractivity (Wildman–Crippen MR) is 173 cm³/mol. The van der Waals surface area contributed by atoms with Crippen molar-refractivity contribution in [1.82, 2.24) is 19.5 Å². The SMILES string of the molecule is CCCCCCCCCCCCCCCCCCSSCC[PH](=O)CO[C@H](C)Cn1cnc2c(N)ncnc21. The maximum Gasteiger partial charge on any atom is 0.165 e. The molecule has 0 saturated heterocycles. The lowest BCUT2D eigenvalue weighted by Crippen LogP contribution is -2.16. The van der Waals surface area contributed by atoms with E-state index in [0.717, 1.165) is 11.9 Å². The highest BCUT2D eigenvalue weighted by atomic mass is 33.1. The van der Waals surface area contributed by atoms with Gasteiger partial charge in [-0.15, -0.1) is 0 Å². The van der Waals surface area contributed by atoms with Crippen molar-refractivity contribution >= 4 is 46.4 Å². The first kappa shape index (κ1) is 34.4. The summed E-state index contributed by atoms with van der Waals surface area (Å²) in [5.41, 5.74) is 7.15. The highest BCUT2D eigenvalue weighted by Gasteiger charge is 2.12. The summed E-state index contributed by atoms with van der Waals surface area (Å²) in [5.74, 6) is 2.51. The second-order valence-electron chi connectivity index (χ2n) is 10.7. The lowest BCUT2D eigenvalue weighted by Gasteiger charge is -2.14. The van der Waals surface area contributed by atoms with E-state index < -0.39 is 7.80 Å². The molecule has 0 aliphatic carbocycles. The maximum atomic E-state index is 12.4. The first-order valence-corrected chi connectivity index (χ1v) is 19.7. The molecule has 2 aromatic heterocycles. The van der Waals surface area contributed by atoms with Gasteiger partial charge in [-0.25, -0.2) is 15.0 Å². The molecule has 2 N–H and O–H groups in total. The molecule has 39 heavy (non-hydrogen) atoms. The second-order valence-corrected chi connectivity index (χ2v) is 15.3. The van der Waals surface area contributed by atoms with Gasteiger partial charge in [0.15, 0.2) is 11.5 Å². The van der Waals surface area contributed by atoms with Crippen LogP contribution in [-0.4, -0.2) is 49.6 Å². The monoisotopic (exact) mass is 599 g/mol. The largest absolute Gasteiger partial charge is 0.382 e. The standard InChI is InChI=1S/C29H54N5O2PS2/c1-3-4-5-6-7-8-9-10-11-12-13-14-15-16-17-18-20-38-39-21-19-37(35)25-36-26(2)22-34-24-33-27-28(30)31-23-32-29(27)34/h23-24,26,37H,3-22,25H2,1-2H3,(H2,30,31,32)/t26-/m1/s1. The van der Waals surface area contributed by atoms with E-state index in [1.165, 1.54) is 115 Å². The van der Waals surface area contributed by atoms with Gasteiger partial charge in [-0.1, -0.05) is 125 Å². The number of unbranched alkanes of at least 4 members (excludes halogenated alkanes) is 15. The molecule has 0 radical (unpaired) electrons. The van der Waals surface area contributed by atoms with Crippen molar-refractivity contribution in [2.45, 2.75) is 129 Å². The van der Waals surface area contributed by atoms with Crippen LogP contribution in [0.3, 0.4) is 0 Å². The number of nitrogens with zero attached hydrogens (tertiary/aromatic N) is 4. The Morgan fingerprint density at radius 1 is 0.846 bits per heavy atom. The number of rotatable bonds is 26. The van der Waals surface area contributed by atoms with Crippen LogP contribution in [0.15, 0.2) is 12.7 Å². The van der Waals surface area contributed by atoms with E-state index >= 15 is 0 Å². The Kier molecular flexibility index (Phi) is 20.2. The first-order chi connectivity index (χ1) is 19.1. The van der Waals surface area contributed by atoms with Crippen LogP contribution in [0.5, 0.6) is 0 Å². The zero-order valence-electron chi connectivity index (χ0n) is 24.6. The maximum absolute atomic E-state index is 12.4. The third kappa shape index (κ3) is 16.3. The van der Waals surface area contributed by atoms with Gasteiger partial charge in [0, 0.05) is 17.7 Å². The summed E-state index contributed by atoms with van der Waals surface area (Å²) in [5, 5.41) is 0. The van der Waals surface area contributed by atoms with Crippen LogP contribution < -0.4 is 5.73 Å². The minimum atomic E-state index is -1.71. The number of nitrogen functional groups attached to an aromatic ring is 1. The van der Waals surface area contributed by atoms with Crippen molar-refractivity contribution in [1.29, 1.82) is 0 Å². The average molecular weight is 600 g/mol. The van der Waals surface area contributed by atoms with Crippen molar-refractivity contribution in [3.63, 3.8) is 0 Å². The van der Waals surface area contributed by atoms with Crippen molar-refractivity contribution in [3.8, 4) is 0 Å². The molecule has 0 aliphatic rings. The normalized spacial score (nSPS) is 13.3. The van der Waals surface area contributed by atoms with Crippen molar-refractivity contribution in [2.75, 3.05) is 29.7 Å². The third-order valence-electron chi connectivity index (χ3n) is 7.04. The number of nitrogens with two attached hydrogens (primary N) is 1. The number of fused-ring (bicyclic) bond motifs is 1. The Morgan fingerprint density at radius 3 is 2.03 bits per heavy atom. The molecule has 2 aromatic rings. The van der Waals surface area contributed by atoms with E-state index in [1.807, 2.05) is 33.1 Å². The summed E-state index contributed by atoms with van der Waals surface area (Å²) in [6.45, 7) is 4.86. The number of ether oxygens (including phenoxy) is 1. The van der Waals surface area contributed by atoms with E-state index in [-0.39, 0.29) is 6.10 Å². The summed E-state index contributed by atoms with van der Waals surface area (Å²) < 4.78 is 20.1. The van der Waals surface area contributed by atoms with Crippen molar-refractivity contribution in [3.05, 3.63) is 12.7 Å². The Labute approximate surface area is 246 Å². The molecule has 2 atom stereocenters. The molecule has 224 valence electrons. The average Bonchev–Trinajstić information content (AvgIpc) is 3.34. The van der Waals surface area contributed by atoms with Crippen LogP contribution in [0.1, 0.15) is 117 Å². The molecule has 2 rings (SSSR count). The molecule has 0 aliphatic heterocycles. The predicted octanol–water partition coefficient (Wildman–Crippen LogP) is 8.97. The molecule has 0 amide bonds. The van der Waals surface area contributed by atoms with Gasteiger partial charge in [-0.05, 0) is 13.3 Å². The van der Waals surface area contributed by atoms with Gasteiger partial charge in [0.05, 0.1) is 25.3 Å². The van der Waals surface area contributed by atoms with E-state index in [9.17, 15) is 4.57 Å². The number of aromatic nitrogens is 4. The molecule has 0 fully saturated rings. The Morgan fingerprint density at radius 2 is 1.41 bits per heavy atom. The minimum absolute atomic E-state index is 0.0792. The van der Waals surface area contributed by atoms with E-state index in [1.54, 1.807) is 6.33 Å². The summed E-state index contributed by atoms with van der Waals surface area (Å²) in [4.78, 5) is 12.5. The van der Waals surface area contributed by atoms with Gasteiger partial charge < -0.3 is 19.6 Å². The second kappa shape index (κ2) is 22.9. The smallest absolute Gasteiger partial charge is 0.165 e. The fraction of sp³-hybridized carbons (Fsp3) is 0.828. The summed E-state index contributed by atoms with van der Waals surface area (Å²) >= 11 is 0. The molecule has 7 nitrogen and oxygen atoms in total. The fourth-order valence-corrected chi connectivity index (χ4v) is 8.88. The molecule has 0 saturated carbocycles. The van der Waals surface area contributed by atoms with E-state index in [4.69, 9.17) is 10.5 Å². The van der Waals surface area contributed by atoms with Crippen LogP contribution in [-0.2, 0) is 15.8 Å². The van der Waals surface area contributed by atoms with Crippen LogP contribution >= 0.6 is 29.4 Å². The van der Waals surface area contributed by atoms with Gasteiger partial charge in [-0.3, -0.25) is 0 Å².